The van der Waals surface area contributed by atoms with E-state index in [2.05, 4.69) is 10.3 Å². The van der Waals surface area contributed by atoms with Crippen LogP contribution in [0.1, 0.15) is 40.9 Å². The second-order valence-electron chi connectivity index (χ2n) is 5.91. The second kappa shape index (κ2) is 5.61. The van der Waals surface area contributed by atoms with Crippen molar-refractivity contribution in [2.24, 2.45) is 0 Å². The first-order valence-electron chi connectivity index (χ1n) is 7.39. The highest BCUT2D eigenvalue weighted by Gasteiger charge is 2.42. The molecule has 3 rings (SSSR count). The van der Waals surface area contributed by atoms with Crippen molar-refractivity contribution >= 4 is 5.91 Å². The highest BCUT2D eigenvalue weighted by Crippen LogP contribution is 2.42. The molecular weight excluding hydrogens is 302 g/mol. The lowest BCUT2D eigenvalue weighted by Crippen LogP contribution is -2.52. The lowest BCUT2D eigenvalue weighted by molar-refractivity contribution is 0.0816. The summed E-state index contributed by atoms with van der Waals surface area (Å²) >= 11 is 0. The zero-order chi connectivity index (χ0) is 16.6. The number of rotatable bonds is 3. The number of carbonyl (C=O) groups excluding carboxylic acids is 1. The summed E-state index contributed by atoms with van der Waals surface area (Å²) in [4.78, 5) is 27.1. The molecule has 1 aromatic heterocycles. The van der Waals surface area contributed by atoms with Gasteiger partial charge in [-0.1, -0.05) is 6.07 Å². The van der Waals surface area contributed by atoms with Gasteiger partial charge in [0.25, 0.3) is 5.91 Å². The Balaban J connectivity index is 1.92. The number of amides is 1. The van der Waals surface area contributed by atoms with Crippen molar-refractivity contribution in [2.45, 2.75) is 31.7 Å². The van der Waals surface area contributed by atoms with Crippen LogP contribution in [0.15, 0.2) is 35.3 Å². The van der Waals surface area contributed by atoms with Crippen molar-refractivity contribution in [3.05, 3.63) is 69.1 Å². The van der Waals surface area contributed by atoms with E-state index in [4.69, 9.17) is 0 Å². The molecule has 0 atom stereocenters. The Kier molecular flexibility index (Phi) is 3.75. The van der Waals surface area contributed by atoms with Crippen LogP contribution in [0, 0.1) is 18.6 Å². The van der Waals surface area contributed by atoms with Crippen LogP contribution in [-0.4, -0.2) is 10.9 Å². The van der Waals surface area contributed by atoms with Crippen LogP contribution in [-0.2, 0) is 5.54 Å². The monoisotopic (exact) mass is 318 g/mol. The van der Waals surface area contributed by atoms with E-state index in [0.29, 0.717) is 18.5 Å². The maximum atomic E-state index is 14.1. The Bertz CT molecular complexity index is 826. The van der Waals surface area contributed by atoms with Crippen LogP contribution >= 0.6 is 0 Å². The van der Waals surface area contributed by atoms with E-state index in [9.17, 15) is 18.4 Å². The smallest absolute Gasteiger partial charge is 0.257 e. The van der Waals surface area contributed by atoms with E-state index in [1.54, 1.807) is 6.92 Å². The summed E-state index contributed by atoms with van der Waals surface area (Å²) in [6, 6.07) is 4.66. The van der Waals surface area contributed by atoms with Crippen LogP contribution < -0.4 is 10.7 Å². The number of hydrogen-bond donors (Lipinski definition) is 2. The Hall–Kier alpha value is -2.50. The zero-order valence-corrected chi connectivity index (χ0v) is 12.6. The first-order valence-corrected chi connectivity index (χ1v) is 7.39. The molecule has 0 saturated heterocycles. The standard InChI is InChI=1S/C17H16F2N2O2/c1-10-7-15(22)12(9-20-10)16(23)21-17(5-2-6-17)13-4-3-11(18)8-14(13)19/h3-4,7-9H,2,5-6H2,1H3,(H,20,22)(H,21,23). The molecule has 0 radical (unpaired) electrons. The summed E-state index contributed by atoms with van der Waals surface area (Å²) in [5, 5.41) is 2.76. The molecule has 120 valence electrons. The minimum absolute atomic E-state index is 0.0237. The molecule has 1 aliphatic rings. The summed E-state index contributed by atoms with van der Waals surface area (Å²) in [6.07, 6.45) is 3.26. The number of aromatic amines is 1. The fraction of sp³-hybridized carbons (Fsp3) is 0.294. The third-order valence-corrected chi connectivity index (χ3v) is 4.31. The number of H-pyrrole nitrogens is 1. The van der Waals surface area contributed by atoms with E-state index < -0.39 is 28.5 Å². The third kappa shape index (κ3) is 2.76. The zero-order valence-electron chi connectivity index (χ0n) is 12.6. The van der Waals surface area contributed by atoms with Crippen molar-refractivity contribution in [2.75, 3.05) is 0 Å². The number of carbonyl (C=O) groups is 1. The van der Waals surface area contributed by atoms with Crippen LogP contribution in [0.5, 0.6) is 0 Å². The van der Waals surface area contributed by atoms with E-state index in [1.807, 2.05) is 0 Å². The topological polar surface area (TPSA) is 62.0 Å². The lowest BCUT2D eigenvalue weighted by atomic mass is 9.71. The Labute approximate surface area is 131 Å². The number of nitrogens with one attached hydrogen (secondary N) is 2. The Morgan fingerprint density at radius 1 is 1.26 bits per heavy atom. The van der Waals surface area contributed by atoms with E-state index >= 15 is 0 Å². The van der Waals surface area contributed by atoms with Gasteiger partial charge in [-0.3, -0.25) is 9.59 Å². The molecule has 0 bridgehead atoms. The predicted octanol–water partition coefficient (Wildman–Crippen LogP) is 2.77. The lowest BCUT2D eigenvalue weighted by Gasteiger charge is -2.43. The van der Waals surface area contributed by atoms with Crippen molar-refractivity contribution in [3.8, 4) is 0 Å². The summed E-state index contributed by atoms with van der Waals surface area (Å²) in [5.74, 6) is -1.92. The molecule has 23 heavy (non-hydrogen) atoms. The molecular formula is C17H16F2N2O2. The number of aromatic nitrogens is 1. The van der Waals surface area contributed by atoms with E-state index in [-0.39, 0.29) is 11.1 Å². The van der Waals surface area contributed by atoms with Crippen LogP contribution in [0.2, 0.25) is 0 Å². The van der Waals surface area contributed by atoms with Crippen LogP contribution in [0.4, 0.5) is 8.78 Å². The second-order valence-corrected chi connectivity index (χ2v) is 5.91. The molecule has 4 nitrogen and oxygen atoms in total. The van der Waals surface area contributed by atoms with Gasteiger partial charge in [-0.05, 0) is 32.3 Å². The minimum atomic E-state index is -0.883. The van der Waals surface area contributed by atoms with E-state index in [0.717, 1.165) is 12.5 Å². The Morgan fingerprint density at radius 3 is 2.57 bits per heavy atom. The minimum Gasteiger partial charge on any atom is -0.364 e. The molecule has 2 aromatic rings. The molecule has 1 aliphatic carbocycles. The first kappa shape index (κ1) is 15.4. The molecule has 0 unspecified atom stereocenters. The molecule has 1 saturated carbocycles. The average Bonchev–Trinajstić information content (AvgIpc) is 2.43. The molecule has 1 fully saturated rings. The maximum absolute atomic E-state index is 14.1. The van der Waals surface area contributed by atoms with Crippen molar-refractivity contribution in [1.29, 1.82) is 0 Å². The number of pyridine rings is 1. The summed E-state index contributed by atoms with van der Waals surface area (Å²) in [6.45, 7) is 1.71. The SMILES string of the molecule is Cc1cc(=O)c(C(=O)NC2(c3ccc(F)cc3F)CCC2)c[nH]1. The fourth-order valence-electron chi connectivity index (χ4n) is 2.90. The third-order valence-electron chi connectivity index (χ3n) is 4.31. The highest BCUT2D eigenvalue weighted by molar-refractivity contribution is 5.94. The van der Waals surface area contributed by atoms with Gasteiger partial charge in [-0.2, -0.15) is 0 Å². The molecule has 0 spiro atoms. The quantitative estimate of drug-likeness (QED) is 0.914. The van der Waals surface area contributed by atoms with Crippen molar-refractivity contribution in [1.82, 2.24) is 10.3 Å². The number of halogens is 2. The van der Waals surface area contributed by atoms with E-state index in [1.165, 1.54) is 24.4 Å². The predicted molar refractivity (Wildman–Crippen MR) is 81.2 cm³/mol. The number of aryl methyl sites for hydroxylation is 1. The fourth-order valence-corrected chi connectivity index (χ4v) is 2.90. The van der Waals surface area contributed by atoms with Crippen LogP contribution in [0.25, 0.3) is 0 Å². The van der Waals surface area contributed by atoms with Gasteiger partial charge in [0.05, 0.1) is 5.54 Å². The molecule has 1 aromatic carbocycles. The largest absolute Gasteiger partial charge is 0.364 e. The molecule has 2 N–H and O–H groups in total. The summed E-state index contributed by atoms with van der Waals surface area (Å²) in [5.41, 5.74) is -0.402. The number of benzene rings is 1. The molecule has 0 aliphatic heterocycles. The van der Waals surface area contributed by atoms with Gasteiger partial charge in [-0.15, -0.1) is 0 Å². The van der Waals surface area contributed by atoms with Gasteiger partial charge in [-0.25, -0.2) is 8.78 Å². The first-order chi connectivity index (χ1) is 10.9. The van der Waals surface area contributed by atoms with Gasteiger partial charge in [0.15, 0.2) is 5.43 Å². The Morgan fingerprint density at radius 2 is 2.00 bits per heavy atom. The van der Waals surface area contributed by atoms with Crippen molar-refractivity contribution in [3.63, 3.8) is 0 Å². The maximum Gasteiger partial charge on any atom is 0.257 e. The van der Waals surface area contributed by atoms with Crippen molar-refractivity contribution < 1.29 is 13.6 Å². The molecule has 6 heteroatoms. The van der Waals surface area contributed by atoms with Crippen LogP contribution in [0.3, 0.4) is 0 Å². The van der Waals surface area contributed by atoms with Gasteiger partial charge in [0.1, 0.15) is 17.2 Å². The van der Waals surface area contributed by atoms with Gasteiger partial charge in [0, 0.05) is 29.6 Å². The summed E-state index contributed by atoms with van der Waals surface area (Å²) in [7, 11) is 0. The number of hydrogen-bond acceptors (Lipinski definition) is 2. The van der Waals surface area contributed by atoms with Gasteiger partial charge < -0.3 is 10.3 Å². The molecule has 1 heterocycles. The van der Waals surface area contributed by atoms with Gasteiger partial charge >= 0.3 is 0 Å². The normalized spacial score (nSPS) is 15.8. The highest BCUT2D eigenvalue weighted by atomic mass is 19.1. The average molecular weight is 318 g/mol. The molecule has 1 amide bonds. The summed E-state index contributed by atoms with van der Waals surface area (Å²) < 4.78 is 27.2. The van der Waals surface area contributed by atoms with Gasteiger partial charge in [0.2, 0.25) is 0 Å².